The molecule has 6 heteroatoms. The minimum absolute atomic E-state index is 0.0429. The molecule has 27 heavy (non-hydrogen) atoms. The van der Waals surface area contributed by atoms with E-state index in [1.54, 1.807) is 12.1 Å². The molecule has 2 aliphatic heterocycles. The summed E-state index contributed by atoms with van der Waals surface area (Å²) in [6.45, 7) is 4.22. The van der Waals surface area contributed by atoms with Gasteiger partial charge in [0.25, 0.3) is 0 Å². The van der Waals surface area contributed by atoms with Crippen LogP contribution < -0.4 is 14.2 Å². The molecule has 2 aliphatic rings. The van der Waals surface area contributed by atoms with Crippen molar-refractivity contribution in [2.45, 2.75) is 32.3 Å². The van der Waals surface area contributed by atoms with E-state index in [0.29, 0.717) is 29.0 Å². The molecule has 3 N–H and O–H groups in total. The number of phenols is 3. The van der Waals surface area contributed by atoms with Crippen LogP contribution in [-0.4, -0.2) is 29.0 Å². The minimum Gasteiger partial charge on any atom is -0.504 e. The molecule has 2 aromatic rings. The molecular formula is C21H22O6. The SMILES string of the molecule is COc1ccc2c(c1O)O[C@H]1c3cc(CC=C(C)C)c(O)c(O)c3OC[C@@H]21. The molecule has 2 atom stereocenters. The number of hydrogen-bond acceptors (Lipinski definition) is 6. The van der Waals surface area contributed by atoms with Crippen LogP contribution in [0.1, 0.15) is 42.6 Å². The molecule has 2 heterocycles. The smallest absolute Gasteiger partial charge is 0.201 e. The lowest BCUT2D eigenvalue weighted by Crippen LogP contribution is -2.23. The number of fused-ring (bicyclic) bond motifs is 5. The largest absolute Gasteiger partial charge is 0.504 e. The maximum absolute atomic E-state index is 10.4. The average Bonchev–Trinajstić information content (AvgIpc) is 3.03. The van der Waals surface area contributed by atoms with E-state index >= 15 is 0 Å². The van der Waals surface area contributed by atoms with Crippen LogP contribution in [0.15, 0.2) is 29.8 Å². The Morgan fingerprint density at radius 2 is 1.89 bits per heavy atom. The number of ether oxygens (including phenoxy) is 3. The Morgan fingerprint density at radius 1 is 1.11 bits per heavy atom. The molecule has 0 unspecified atom stereocenters. The monoisotopic (exact) mass is 370 g/mol. The van der Waals surface area contributed by atoms with E-state index in [1.807, 2.05) is 26.0 Å². The number of aromatic hydroxyl groups is 3. The van der Waals surface area contributed by atoms with Crippen molar-refractivity contribution in [2.75, 3.05) is 13.7 Å². The molecule has 4 rings (SSSR count). The predicted octanol–water partition coefficient (Wildman–Crippen LogP) is 3.93. The molecular weight excluding hydrogens is 348 g/mol. The number of allylic oxidation sites excluding steroid dienone is 2. The zero-order valence-electron chi connectivity index (χ0n) is 15.4. The first kappa shape index (κ1) is 17.4. The van der Waals surface area contributed by atoms with Gasteiger partial charge in [-0.05, 0) is 32.4 Å². The van der Waals surface area contributed by atoms with Crippen molar-refractivity contribution in [3.05, 3.63) is 46.5 Å². The summed E-state index contributed by atoms with van der Waals surface area (Å²) in [5, 5.41) is 31.2. The summed E-state index contributed by atoms with van der Waals surface area (Å²) in [6, 6.07) is 5.36. The van der Waals surface area contributed by atoms with Crippen LogP contribution in [0.3, 0.4) is 0 Å². The molecule has 0 amide bonds. The van der Waals surface area contributed by atoms with Gasteiger partial charge in [-0.15, -0.1) is 0 Å². The van der Waals surface area contributed by atoms with Gasteiger partial charge in [0, 0.05) is 16.7 Å². The Hall–Kier alpha value is -3.02. The summed E-state index contributed by atoms with van der Waals surface area (Å²) < 4.78 is 17.0. The quantitative estimate of drug-likeness (QED) is 0.560. The molecule has 2 aromatic carbocycles. The van der Waals surface area contributed by atoms with Crippen molar-refractivity contribution in [2.24, 2.45) is 0 Å². The van der Waals surface area contributed by atoms with E-state index < -0.39 is 6.10 Å². The zero-order valence-corrected chi connectivity index (χ0v) is 15.4. The summed E-state index contributed by atoms with van der Waals surface area (Å²) >= 11 is 0. The topological polar surface area (TPSA) is 88.4 Å². The lowest BCUT2D eigenvalue weighted by atomic mass is 9.87. The molecule has 0 fully saturated rings. The van der Waals surface area contributed by atoms with E-state index in [2.05, 4.69) is 0 Å². The second kappa shape index (κ2) is 6.30. The molecule has 0 radical (unpaired) electrons. The average molecular weight is 370 g/mol. The van der Waals surface area contributed by atoms with E-state index in [4.69, 9.17) is 14.2 Å². The zero-order chi connectivity index (χ0) is 19.3. The lowest BCUT2D eigenvalue weighted by molar-refractivity contribution is 0.133. The molecule has 0 aliphatic carbocycles. The van der Waals surface area contributed by atoms with Crippen molar-refractivity contribution in [3.63, 3.8) is 0 Å². The maximum atomic E-state index is 10.4. The summed E-state index contributed by atoms with van der Waals surface area (Å²) in [6.07, 6.45) is 2.04. The van der Waals surface area contributed by atoms with Crippen LogP contribution in [0.4, 0.5) is 0 Å². The highest BCUT2D eigenvalue weighted by molar-refractivity contribution is 5.64. The Morgan fingerprint density at radius 3 is 2.59 bits per heavy atom. The van der Waals surface area contributed by atoms with Crippen LogP contribution in [-0.2, 0) is 6.42 Å². The van der Waals surface area contributed by atoms with Crippen molar-refractivity contribution in [1.82, 2.24) is 0 Å². The van der Waals surface area contributed by atoms with Gasteiger partial charge in [-0.1, -0.05) is 17.7 Å². The molecule has 6 nitrogen and oxygen atoms in total. The van der Waals surface area contributed by atoms with Crippen LogP contribution in [0.2, 0.25) is 0 Å². The first-order valence-corrected chi connectivity index (χ1v) is 8.82. The lowest BCUT2D eigenvalue weighted by Gasteiger charge is -2.29. The number of rotatable bonds is 3. The van der Waals surface area contributed by atoms with Crippen LogP contribution >= 0.6 is 0 Å². The first-order chi connectivity index (χ1) is 12.9. The molecule has 142 valence electrons. The van der Waals surface area contributed by atoms with Gasteiger partial charge in [-0.25, -0.2) is 0 Å². The summed E-state index contributed by atoms with van der Waals surface area (Å²) in [5.74, 6) is 0.331. The minimum atomic E-state index is -0.418. The highest BCUT2D eigenvalue weighted by atomic mass is 16.5. The Bertz CT molecular complexity index is 942. The Labute approximate surface area is 157 Å². The third kappa shape index (κ3) is 2.63. The number of phenolic OH excluding ortho intramolecular Hbond substituents is 3. The molecule has 0 saturated carbocycles. The Balaban J connectivity index is 1.79. The fourth-order valence-corrected chi connectivity index (χ4v) is 3.70. The number of benzene rings is 2. The standard InChI is InChI=1S/C21H22O6/c1-10(2)4-5-11-8-13-19-14(9-26-20(13)18(24)16(11)22)12-6-7-15(25-3)17(23)21(12)27-19/h4,6-8,14,19,22-24H,5,9H2,1-3H3/t14-,19-/m0/s1. The summed E-state index contributed by atoms with van der Waals surface area (Å²) in [5.41, 5.74) is 3.20. The number of hydrogen-bond donors (Lipinski definition) is 3. The molecule has 0 spiro atoms. The predicted molar refractivity (Wildman–Crippen MR) is 99.2 cm³/mol. The number of methoxy groups -OCH3 is 1. The van der Waals surface area contributed by atoms with Gasteiger partial charge in [-0.2, -0.15) is 0 Å². The van der Waals surface area contributed by atoms with E-state index in [1.165, 1.54) is 7.11 Å². The van der Waals surface area contributed by atoms with E-state index in [0.717, 1.165) is 11.1 Å². The van der Waals surface area contributed by atoms with Gasteiger partial charge in [0.2, 0.25) is 11.5 Å². The van der Waals surface area contributed by atoms with Crippen molar-refractivity contribution in [1.29, 1.82) is 0 Å². The van der Waals surface area contributed by atoms with Crippen molar-refractivity contribution in [3.8, 4) is 34.5 Å². The summed E-state index contributed by atoms with van der Waals surface area (Å²) in [4.78, 5) is 0. The molecule has 0 bridgehead atoms. The van der Waals surface area contributed by atoms with Gasteiger partial charge < -0.3 is 29.5 Å². The molecule has 0 aromatic heterocycles. The maximum Gasteiger partial charge on any atom is 0.201 e. The summed E-state index contributed by atoms with van der Waals surface area (Å²) in [7, 11) is 1.48. The van der Waals surface area contributed by atoms with Crippen LogP contribution in [0.5, 0.6) is 34.5 Å². The highest BCUT2D eigenvalue weighted by Gasteiger charge is 2.44. The van der Waals surface area contributed by atoms with Gasteiger partial charge in [0.15, 0.2) is 23.0 Å². The van der Waals surface area contributed by atoms with Gasteiger partial charge in [0.1, 0.15) is 6.10 Å². The fraction of sp³-hybridized carbons (Fsp3) is 0.333. The normalized spacial score (nSPS) is 19.2. The second-order valence-corrected chi connectivity index (χ2v) is 7.13. The van der Waals surface area contributed by atoms with E-state index in [9.17, 15) is 15.3 Å². The van der Waals surface area contributed by atoms with Gasteiger partial charge in [0.05, 0.1) is 19.6 Å². The Kier molecular flexibility index (Phi) is 4.06. The second-order valence-electron chi connectivity index (χ2n) is 7.13. The first-order valence-electron chi connectivity index (χ1n) is 8.82. The van der Waals surface area contributed by atoms with Crippen LogP contribution in [0, 0.1) is 0 Å². The van der Waals surface area contributed by atoms with Crippen molar-refractivity contribution >= 4 is 0 Å². The fourth-order valence-electron chi connectivity index (χ4n) is 3.70. The molecule has 0 saturated heterocycles. The van der Waals surface area contributed by atoms with Gasteiger partial charge in [-0.3, -0.25) is 0 Å². The van der Waals surface area contributed by atoms with Gasteiger partial charge >= 0.3 is 0 Å². The third-order valence-electron chi connectivity index (χ3n) is 5.13. The van der Waals surface area contributed by atoms with Crippen LogP contribution in [0.25, 0.3) is 0 Å². The third-order valence-corrected chi connectivity index (χ3v) is 5.13. The van der Waals surface area contributed by atoms with Crippen molar-refractivity contribution < 1.29 is 29.5 Å². The van der Waals surface area contributed by atoms with E-state index in [-0.39, 0.29) is 35.5 Å². The highest BCUT2D eigenvalue weighted by Crippen LogP contribution is 2.58.